The highest BCUT2D eigenvalue weighted by Gasteiger charge is 2.40. The number of halogens is 1. The zero-order valence-electron chi connectivity index (χ0n) is 13.0. The molecule has 1 saturated heterocycles. The summed E-state index contributed by atoms with van der Waals surface area (Å²) in [6.07, 6.45) is 0.776. The summed E-state index contributed by atoms with van der Waals surface area (Å²) in [5.74, 6) is -0.334. The summed E-state index contributed by atoms with van der Waals surface area (Å²) < 4.78 is 27.6. The molecule has 1 amide bonds. The van der Waals surface area contributed by atoms with Gasteiger partial charge in [-0.25, -0.2) is 8.42 Å². The van der Waals surface area contributed by atoms with Crippen LogP contribution in [0.1, 0.15) is 23.4 Å². The summed E-state index contributed by atoms with van der Waals surface area (Å²) in [6, 6.07) is 9.27. The number of benzene rings is 1. The number of piperazine rings is 1. The van der Waals surface area contributed by atoms with Gasteiger partial charge in [-0.1, -0.05) is 30.7 Å². The summed E-state index contributed by atoms with van der Waals surface area (Å²) in [4.78, 5) is 13.4. The standard InChI is InChI=1S/C16H17ClN2O3S2/c1-2-13-6-7-14(23-13)24(21,22)19-9-8-18-16(20)15(19)11-4-3-5-12(17)10-11/h3-7,10,15H,2,8-9H2,1H3,(H,18,20). The summed E-state index contributed by atoms with van der Waals surface area (Å²) in [7, 11) is -3.75. The van der Waals surface area contributed by atoms with Gasteiger partial charge in [0.05, 0.1) is 0 Å². The van der Waals surface area contributed by atoms with Crippen molar-refractivity contribution >= 4 is 38.9 Å². The summed E-state index contributed by atoms with van der Waals surface area (Å²) in [5, 5.41) is 3.20. The van der Waals surface area contributed by atoms with Gasteiger partial charge >= 0.3 is 0 Å². The Bertz CT molecular complexity index is 864. The van der Waals surface area contributed by atoms with Crippen molar-refractivity contribution in [2.75, 3.05) is 13.1 Å². The fourth-order valence-electron chi connectivity index (χ4n) is 2.70. The minimum atomic E-state index is -3.75. The lowest BCUT2D eigenvalue weighted by atomic mass is 10.0. The normalized spacial score (nSPS) is 19.2. The fourth-order valence-corrected chi connectivity index (χ4v) is 5.90. The van der Waals surface area contributed by atoms with E-state index in [1.807, 2.05) is 13.0 Å². The van der Waals surface area contributed by atoms with Crippen molar-refractivity contribution in [3.63, 3.8) is 0 Å². The first kappa shape index (κ1) is 17.4. The minimum Gasteiger partial charge on any atom is -0.353 e. The number of carbonyl (C=O) groups is 1. The molecule has 1 aromatic carbocycles. The largest absolute Gasteiger partial charge is 0.353 e. The Balaban J connectivity index is 2.04. The molecular weight excluding hydrogens is 368 g/mol. The van der Waals surface area contributed by atoms with E-state index in [-0.39, 0.29) is 16.7 Å². The fraction of sp³-hybridized carbons (Fsp3) is 0.312. The topological polar surface area (TPSA) is 66.5 Å². The number of nitrogens with zero attached hydrogens (tertiary/aromatic N) is 1. The number of thiophene rings is 1. The van der Waals surface area contributed by atoms with E-state index in [1.54, 1.807) is 30.3 Å². The molecule has 1 aliphatic heterocycles. The number of carbonyl (C=O) groups excluding carboxylic acids is 1. The number of aryl methyl sites for hydroxylation is 1. The molecule has 2 heterocycles. The Morgan fingerprint density at radius 2 is 2.12 bits per heavy atom. The van der Waals surface area contributed by atoms with Crippen LogP contribution in [0.15, 0.2) is 40.6 Å². The van der Waals surface area contributed by atoms with E-state index in [2.05, 4.69) is 5.32 Å². The number of hydrogen-bond donors (Lipinski definition) is 1. The van der Waals surface area contributed by atoms with Crippen LogP contribution in [-0.2, 0) is 21.2 Å². The molecular formula is C16H17ClN2O3S2. The van der Waals surface area contributed by atoms with Gasteiger partial charge in [0.25, 0.3) is 10.0 Å². The molecule has 1 N–H and O–H groups in total. The van der Waals surface area contributed by atoms with E-state index in [0.29, 0.717) is 17.1 Å². The number of hydrogen-bond acceptors (Lipinski definition) is 4. The van der Waals surface area contributed by atoms with Crippen molar-refractivity contribution in [1.82, 2.24) is 9.62 Å². The number of amides is 1. The maximum absolute atomic E-state index is 13.1. The number of rotatable bonds is 4. The minimum absolute atomic E-state index is 0.227. The van der Waals surface area contributed by atoms with Gasteiger partial charge in [0.2, 0.25) is 5.91 Å². The van der Waals surface area contributed by atoms with Crippen LogP contribution in [0.4, 0.5) is 0 Å². The molecule has 8 heteroatoms. The first-order valence-corrected chi connectivity index (χ1v) is 10.2. The highest BCUT2D eigenvalue weighted by atomic mass is 35.5. The van der Waals surface area contributed by atoms with Gasteiger partial charge in [-0.2, -0.15) is 4.31 Å². The van der Waals surface area contributed by atoms with Crippen LogP contribution in [0.5, 0.6) is 0 Å². The quantitative estimate of drug-likeness (QED) is 0.881. The lowest BCUT2D eigenvalue weighted by molar-refractivity contribution is -0.126. The zero-order valence-corrected chi connectivity index (χ0v) is 15.4. The van der Waals surface area contributed by atoms with Crippen LogP contribution in [0.25, 0.3) is 0 Å². The summed E-state index contributed by atoms with van der Waals surface area (Å²) >= 11 is 7.26. The van der Waals surface area contributed by atoms with E-state index in [9.17, 15) is 13.2 Å². The maximum atomic E-state index is 13.1. The van der Waals surface area contributed by atoms with E-state index in [1.165, 1.54) is 15.6 Å². The molecule has 1 unspecified atom stereocenters. The van der Waals surface area contributed by atoms with E-state index in [0.717, 1.165) is 11.3 Å². The van der Waals surface area contributed by atoms with Crippen molar-refractivity contribution in [1.29, 1.82) is 0 Å². The van der Waals surface area contributed by atoms with Crippen LogP contribution in [0.2, 0.25) is 5.02 Å². The van der Waals surface area contributed by atoms with Gasteiger partial charge < -0.3 is 5.32 Å². The maximum Gasteiger partial charge on any atom is 0.253 e. The predicted molar refractivity (Wildman–Crippen MR) is 94.8 cm³/mol. The highest BCUT2D eigenvalue weighted by Crippen LogP contribution is 2.33. The van der Waals surface area contributed by atoms with Crippen LogP contribution in [0, 0.1) is 0 Å². The second-order valence-electron chi connectivity index (χ2n) is 5.44. The van der Waals surface area contributed by atoms with Gasteiger partial charge in [0.1, 0.15) is 10.3 Å². The molecule has 3 rings (SSSR count). The molecule has 0 aliphatic carbocycles. The van der Waals surface area contributed by atoms with Crippen molar-refractivity contribution < 1.29 is 13.2 Å². The molecule has 0 bridgehead atoms. The van der Waals surface area contributed by atoms with Crippen molar-refractivity contribution in [3.8, 4) is 0 Å². The second kappa shape index (κ2) is 6.84. The van der Waals surface area contributed by atoms with Crippen LogP contribution < -0.4 is 5.32 Å². The zero-order chi connectivity index (χ0) is 17.3. The van der Waals surface area contributed by atoms with Crippen LogP contribution in [0.3, 0.4) is 0 Å². The average Bonchev–Trinajstić information content (AvgIpc) is 3.04. The first-order chi connectivity index (χ1) is 11.4. The number of nitrogens with one attached hydrogen (secondary N) is 1. The highest BCUT2D eigenvalue weighted by molar-refractivity contribution is 7.91. The molecule has 0 saturated carbocycles. The van der Waals surface area contributed by atoms with Crippen molar-refractivity contribution in [2.24, 2.45) is 0 Å². The second-order valence-corrected chi connectivity index (χ2v) is 9.16. The lowest BCUT2D eigenvalue weighted by Crippen LogP contribution is -2.51. The van der Waals surface area contributed by atoms with E-state index >= 15 is 0 Å². The first-order valence-electron chi connectivity index (χ1n) is 7.57. The third-order valence-electron chi connectivity index (χ3n) is 3.88. The molecule has 1 fully saturated rings. The van der Waals surface area contributed by atoms with E-state index in [4.69, 9.17) is 11.6 Å². The van der Waals surface area contributed by atoms with Crippen LogP contribution >= 0.6 is 22.9 Å². The lowest BCUT2D eigenvalue weighted by Gasteiger charge is -2.33. The molecule has 0 spiro atoms. The Labute approximate surface area is 150 Å². The molecule has 0 radical (unpaired) electrons. The monoisotopic (exact) mass is 384 g/mol. The van der Waals surface area contributed by atoms with Crippen molar-refractivity contribution in [3.05, 3.63) is 51.9 Å². The van der Waals surface area contributed by atoms with Gasteiger partial charge in [-0.15, -0.1) is 11.3 Å². The predicted octanol–water partition coefficient (Wildman–Crippen LogP) is 2.83. The van der Waals surface area contributed by atoms with Gasteiger partial charge in [-0.3, -0.25) is 4.79 Å². The molecule has 1 aliphatic rings. The smallest absolute Gasteiger partial charge is 0.253 e. The Morgan fingerprint density at radius 1 is 1.33 bits per heavy atom. The third kappa shape index (κ3) is 3.21. The summed E-state index contributed by atoms with van der Waals surface area (Å²) in [6.45, 7) is 2.50. The molecule has 5 nitrogen and oxygen atoms in total. The number of sulfonamides is 1. The Kier molecular flexibility index (Phi) is 4.96. The Morgan fingerprint density at radius 3 is 2.79 bits per heavy atom. The van der Waals surface area contributed by atoms with E-state index < -0.39 is 16.1 Å². The third-order valence-corrected chi connectivity index (χ3v) is 7.68. The van der Waals surface area contributed by atoms with Gasteiger partial charge in [0.15, 0.2) is 0 Å². The van der Waals surface area contributed by atoms with Gasteiger partial charge in [0, 0.05) is 23.0 Å². The molecule has 128 valence electrons. The average molecular weight is 385 g/mol. The molecule has 24 heavy (non-hydrogen) atoms. The Hall–Kier alpha value is -1.41. The van der Waals surface area contributed by atoms with Crippen molar-refractivity contribution in [2.45, 2.75) is 23.6 Å². The summed E-state index contributed by atoms with van der Waals surface area (Å²) in [5.41, 5.74) is 0.565. The molecule has 1 atom stereocenters. The van der Waals surface area contributed by atoms with Gasteiger partial charge in [-0.05, 0) is 36.2 Å². The SMILES string of the molecule is CCc1ccc(S(=O)(=O)N2CCNC(=O)C2c2cccc(Cl)c2)s1. The molecule has 2 aromatic rings. The van der Waals surface area contributed by atoms with Crippen LogP contribution in [-0.4, -0.2) is 31.7 Å². The molecule has 1 aromatic heterocycles.